The average Bonchev–Trinajstić information content (AvgIpc) is 2.44. The van der Waals surface area contributed by atoms with E-state index in [2.05, 4.69) is 56.2 Å². The lowest BCUT2D eigenvalue weighted by molar-refractivity contribution is 0.317. The van der Waals surface area contributed by atoms with Crippen LogP contribution in [0.25, 0.3) is 0 Å². The molecule has 1 rings (SSSR count). The Labute approximate surface area is 124 Å². The summed E-state index contributed by atoms with van der Waals surface area (Å²) in [5.74, 6) is 0.986. The molecule has 0 fully saturated rings. The van der Waals surface area contributed by atoms with Gasteiger partial charge in [0.1, 0.15) is 5.75 Å². The van der Waals surface area contributed by atoms with E-state index in [1.165, 1.54) is 17.5 Å². The van der Waals surface area contributed by atoms with Crippen molar-refractivity contribution in [3.8, 4) is 5.75 Å². The Morgan fingerprint density at radius 1 is 1.25 bits per heavy atom. The molecule has 1 aromatic carbocycles. The average molecular weight is 278 g/mol. The monoisotopic (exact) mass is 278 g/mol. The van der Waals surface area contributed by atoms with Crippen LogP contribution >= 0.6 is 0 Å². The fraction of sp³-hybridized carbons (Fsp3) is 0.647. The normalized spacial score (nSPS) is 12.7. The summed E-state index contributed by atoms with van der Waals surface area (Å²) >= 11 is 0. The van der Waals surface area contributed by atoms with E-state index < -0.39 is 0 Å². The van der Waals surface area contributed by atoms with Crippen LogP contribution in [-0.4, -0.2) is 32.1 Å². The maximum atomic E-state index is 5.49. The van der Waals surface area contributed by atoms with Crippen LogP contribution in [-0.2, 0) is 6.54 Å². The molecule has 1 aromatic rings. The van der Waals surface area contributed by atoms with Gasteiger partial charge in [-0.1, -0.05) is 19.9 Å². The summed E-state index contributed by atoms with van der Waals surface area (Å²) in [6, 6.07) is 6.92. The van der Waals surface area contributed by atoms with Gasteiger partial charge in [0.05, 0.1) is 7.11 Å². The number of nitrogens with one attached hydrogen (secondary N) is 1. The van der Waals surface area contributed by atoms with Crippen molar-refractivity contribution in [1.29, 1.82) is 0 Å². The van der Waals surface area contributed by atoms with E-state index >= 15 is 0 Å². The SMILES string of the molecule is CCCNC(C)c1ccc(OC)c(CN(C)CCC)c1. The summed E-state index contributed by atoms with van der Waals surface area (Å²) < 4.78 is 5.49. The molecular formula is C17H30N2O. The van der Waals surface area contributed by atoms with E-state index in [-0.39, 0.29) is 0 Å². The van der Waals surface area contributed by atoms with Crippen molar-refractivity contribution in [2.45, 2.75) is 46.2 Å². The molecular weight excluding hydrogens is 248 g/mol. The second-order valence-corrected chi connectivity index (χ2v) is 5.48. The highest BCUT2D eigenvalue weighted by atomic mass is 16.5. The zero-order valence-corrected chi connectivity index (χ0v) is 13.7. The summed E-state index contributed by atoms with van der Waals surface area (Å²) in [7, 11) is 3.91. The van der Waals surface area contributed by atoms with Crippen LogP contribution in [0.2, 0.25) is 0 Å². The Morgan fingerprint density at radius 3 is 2.60 bits per heavy atom. The van der Waals surface area contributed by atoms with Gasteiger partial charge in [0.15, 0.2) is 0 Å². The van der Waals surface area contributed by atoms with Crippen molar-refractivity contribution in [3.63, 3.8) is 0 Å². The maximum Gasteiger partial charge on any atom is 0.123 e. The van der Waals surface area contributed by atoms with Crippen molar-refractivity contribution in [3.05, 3.63) is 29.3 Å². The minimum absolute atomic E-state index is 0.385. The molecule has 0 bridgehead atoms. The topological polar surface area (TPSA) is 24.5 Å². The second kappa shape index (κ2) is 8.98. The van der Waals surface area contributed by atoms with Crippen molar-refractivity contribution in [2.24, 2.45) is 0 Å². The molecule has 114 valence electrons. The molecule has 0 aliphatic carbocycles. The minimum Gasteiger partial charge on any atom is -0.496 e. The van der Waals surface area contributed by atoms with Gasteiger partial charge in [-0.25, -0.2) is 0 Å². The molecule has 0 spiro atoms. The number of ether oxygens (including phenoxy) is 1. The van der Waals surface area contributed by atoms with Crippen molar-refractivity contribution >= 4 is 0 Å². The van der Waals surface area contributed by atoms with E-state index in [4.69, 9.17) is 4.74 Å². The van der Waals surface area contributed by atoms with Crippen LogP contribution in [0.5, 0.6) is 5.75 Å². The zero-order chi connectivity index (χ0) is 15.0. The molecule has 0 radical (unpaired) electrons. The van der Waals surface area contributed by atoms with Gasteiger partial charge in [0, 0.05) is 18.2 Å². The molecule has 3 heteroatoms. The number of benzene rings is 1. The van der Waals surface area contributed by atoms with E-state index in [1.807, 2.05) is 0 Å². The lowest BCUT2D eigenvalue weighted by atomic mass is 10.0. The zero-order valence-electron chi connectivity index (χ0n) is 13.7. The third kappa shape index (κ3) is 5.14. The molecule has 0 heterocycles. The van der Waals surface area contributed by atoms with Gasteiger partial charge in [0.25, 0.3) is 0 Å². The summed E-state index contributed by atoms with van der Waals surface area (Å²) in [5, 5.41) is 3.54. The van der Waals surface area contributed by atoms with E-state index in [0.717, 1.165) is 31.8 Å². The first-order valence-electron chi connectivity index (χ1n) is 7.71. The number of nitrogens with zero attached hydrogens (tertiary/aromatic N) is 1. The Balaban J connectivity index is 2.84. The van der Waals surface area contributed by atoms with Gasteiger partial charge in [0.2, 0.25) is 0 Å². The maximum absolute atomic E-state index is 5.49. The fourth-order valence-corrected chi connectivity index (χ4v) is 2.42. The number of rotatable bonds is 9. The summed E-state index contributed by atoms with van der Waals surface area (Å²) in [5.41, 5.74) is 2.60. The van der Waals surface area contributed by atoms with E-state index in [1.54, 1.807) is 7.11 Å². The first kappa shape index (κ1) is 17.0. The van der Waals surface area contributed by atoms with Gasteiger partial charge in [-0.2, -0.15) is 0 Å². The third-order valence-corrected chi connectivity index (χ3v) is 3.55. The second-order valence-electron chi connectivity index (χ2n) is 5.48. The third-order valence-electron chi connectivity index (χ3n) is 3.55. The van der Waals surface area contributed by atoms with Crippen LogP contribution in [0.15, 0.2) is 18.2 Å². The number of hydrogen-bond donors (Lipinski definition) is 1. The summed E-state index contributed by atoms with van der Waals surface area (Å²) in [6.07, 6.45) is 2.33. The first-order chi connectivity index (χ1) is 9.62. The van der Waals surface area contributed by atoms with E-state index in [9.17, 15) is 0 Å². The Hall–Kier alpha value is -1.06. The Morgan fingerprint density at radius 2 is 2.00 bits per heavy atom. The van der Waals surface area contributed by atoms with Crippen LogP contribution < -0.4 is 10.1 Å². The standard InChI is InChI=1S/C17H30N2O/c1-6-10-18-14(3)15-8-9-17(20-5)16(12-15)13-19(4)11-7-2/h8-9,12,14,18H,6-7,10-11,13H2,1-5H3. The lowest BCUT2D eigenvalue weighted by Crippen LogP contribution is -2.21. The molecule has 1 N–H and O–H groups in total. The van der Waals surface area contributed by atoms with Gasteiger partial charge >= 0.3 is 0 Å². The molecule has 0 amide bonds. The van der Waals surface area contributed by atoms with Gasteiger partial charge in [-0.3, -0.25) is 0 Å². The predicted octanol–water partition coefficient (Wildman–Crippen LogP) is 3.60. The van der Waals surface area contributed by atoms with Crippen molar-refractivity contribution in [2.75, 3.05) is 27.2 Å². The molecule has 0 aliphatic rings. The number of hydrogen-bond acceptors (Lipinski definition) is 3. The fourth-order valence-electron chi connectivity index (χ4n) is 2.42. The number of methoxy groups -OCH3 is 1. The van der Waals surface area contributed by atoms with Gasteiger partial charge < -0.3 is 15.0 Å². The smallest absolute Gasteiger partial charge is 0.123 e. The van der Waals surface area contributed by atoms with Gasteiger partial charge in [-0.05, 0) is 57.6 Å². The highest BCUT2D eigenvalue weighted by Crippen LogP contribution is 2.24. The lowest BCUT2D eigenvalue weighted by Gasteiger charge is -2.20. The molecule has 1 unspecified atom stereocenters. The molecule has 3 nitrogen and oxygen atoms in total. The molecule has 0 saturated heterocycles. The Bertz CT molecular complexity index is 393. The largest absolute Gasteiger partial charge is 0.496 e. The molecule has 1 atom stereocenters. The van der Waals surface area contributed by atoms with Crippen molar-refractivity contribution < 1.29 is 4.74 Å². The highest BCUT2D eigenvalue weighted by Gasteiger charge is 2.10. The van der Waals surface area contributed by atoms with Crippen LogP contribution in [0, 0.1) is 0 Å². The van der Waals surface area contributed by atoms with Crippen LogP contribution in [0.1, 0.15) is 50.8 Å². The molecule has 20 heavy (non-hydrogen) atoms. The quantitative estimate of drug-likeness (QED) is 0.747. The summed E-state index contributed by atoms with van der Waals surface area (Å²) in [6.45, 7) is 9.72. The predicted molar refractivity (Wildman–Crippen MR) is 86.3 cm³/mol. The first-order valence-corrected chi connectivity index (χ1v) is 7.71. The van der Waals surface area contributed by atoms with Crippen LogP contribution in [0.3, 0.4) is 0 Å². The highest BCUT2D eigenvalue weighted by molar-refractivity contribution is 5.38. The van der Waals surface area contributed by atoms with Crippen molar-refractivity contribution in [1.82, 2.24) is 10.2 Å². The molecule has 0 aliphatic heterocycles. The van der Waals surface area contributed by atoms with Gasteiger partial charge in [-0.15, -0.1) is 0 Å². The van der Waals surface area contributed by atoms with E-state index in [0.29, 0.717) is 6.04 Å². The van der Waals surface area contributed by atoms with Crippen LogP contribution in [0.4, 0.5) is 0 Å². The molecule has 0 aromatic heterocycles. The minimum atomic E-state index is 0.385. The molecule has 0 saturated carbocycles. The summed E-state index contributed by atoms with van der Waals surface area (Å²) in [4.78, 5) is 2.34. The Kier molecular flexibility index (Phi) is 7.63.